The molecule has 2 atom stereocenters. The molecule has 0 saturated heterocycles. The molecule has 2 unspecified atom stereocenters. The minimum absolute atomic E-state index is 0.00794. The summed E-state index contributed by atoms with van der Waals surface area (Å²) in [6.07, 6.45) is 0.742. The Balaban J connectivity index is 2.88. The smallest absolute Gasteiger partial charge is 0.127 e. The van der Waals surface area contributed by atoms with Gasteiger partial charge in [-0.05, 0) is 12.5 Å². The second-order valence-electron chi connectivity index (χ2n) is 3.40. The second-order valence-corrected chi connectivity index (χ2v) is 3.40. The van der Waals surface area contributed by atoms with Crippen molar-refractivity contribution in [2.45, 2.75) is 19.4 Å². The highest BCUT2D eigenvalue weighted by molar-refractivity contribution is 5.21. The molecule has 0 aliphatic rings. The number of halogens is 1. The van der Waals surface area contributed by atoms with E-state index in [0.29, 0.717) is 5.56 Å². The van der Waals surface area contributed by atoms with Crippen molar-refractivity contribution in [2.75, 3.05) is 6.61 Å². The summed E-state index contributed by atoms with van der Waals surface area (Å²) in [5, 5.41) is 9.05. The van der Waals surface area contributed by atoms with Crippen LogP contribution in [0, 0.1) is 11.7 Å². The third-order valence-electron chi connectivity index (χ3n) is 2.53. The first-order valence-corrected chi connectivity index (χ1v) is 4.81. The van der Waals surface area contributed by atoms with Gasteiger partial charge in [0.15, 0.2) is 0 Å². The lowest BCUT2D eigenvalue weighted by molar-refractivity contribution is 0.199. The summed E-state index contributed by atoms with van der Waals surface area (Å²) in [7, 11) is 0. The Kier molecular flexibility index (Phi) is 4.04. The summed E-state index contributed by atoms with van der Waals surface area (Å²) >= 11 is 0. The van der Waals surface area contributed by atoms with Crippen LogP contribution >= 0.6 is 0 Å². The summed E-state index contributed by atoms with van der Waals surface area (Å²) in [5.74, 6) is -0.376. The van der Waals surface area contributed by atoms with E-state index in [1.807, 2.05) is 6.92 Å². The Morgan fingerprint density at radius 2 is 2.07 bits per heavy atom. The van der Waals surface area contributed by atoms with E-state index < -0.39 is 6.04 Å². The fourth-order valence-corrected chi connectivity index (χ4v) is 1.50. The number of hydrogen-bond acceptors (Lipinski definition) is 2. The molecule has 0 fully saturated rings. The van der Waals surface area contributed by atoms with E-state index in [9.17, 15) is 4.39 Å². The molecular formula is C11H16FNO. The van der Waals surface area contributed by atoms with Gasteiger partial charge < -0.3 is 10.8 Å². The van der Waals surface area contributed by atoms with Crippen LogP contribution in [0.4, 0.5) is 4.39 Å². The van der Waals surface area contributed by atoms with Crippen LogP contribution in [0.1, 0.15) is 24.9 Å². The van der Waals surface area contributed by atoms with Crippen LogP contribution in [0.5, 0.6) is 0 Å². The molecule has 0 saturated carbocycles. The third-order valence-corrected chi connectivity index (χ3v) is 2.53. The van der Waals surface area contributed by atoms with Gasteiger partial charge in [-0.15, -0.1) is 0 Å². The molecule has 78 valence electrons. The zero-order valence-electron chi connectivity index (χ0n) is 8.28. The predicted molar refractivity (Wildman–Crippen MR) is 54.2 cm³/mol. The van der Waals surface area contributed by atoms with E-state index in [1.54, 1.807) is 18.2 Å². The molecule has 2 nitrogen and oxygen atoms in total. The first kappa shape index (κ1) is 11.1. The number of benzene rings is 1. The minimum Gasteiger partial charge on any atom is -0.396 e. The SMILES string of the molecule is CCC(CO)C(N)c1ccccc1F. The van der Waals surface area contributed by atoms with Crippen LogP contribution in [0.2, 0.25) is 0 Å². The molecule has 1 rings (SSSR count). The molecule has 0 radical (unpaired) electrons. The number of aliphatic hydroxyl groups excluding tert-OH is 1. The molecule has 3 heteroatoms. The van der Waals surface area contributed by atoms with Crippen molar-refractivity contribution in [3.8, 4) is 0 Å². The quantitative estimate of drug-likeness (QED) is 0.773. The third kappa shape index (κ3) is 2.30. The minimum atomic E-state index is -0.425. The Labute approximate surface area is 83.6 Å². The molecule has 0 bridgehead atoms. The van der Waals surface area contributed by atoms with Crippen molar-refractivity contribution in [3.05, 3.63) is 35.6 Å². The first-order valence-electron chi connectivity index (χ1n) is 4.81. The van der Waals surface area contributed by atoms with Gasteiger partial charge >= 0.3 is 0 Å². The van der Waals surface area contributed by atoms with Gasteiger partial charge in [0.05, 0.1) is 0 Å². The van der Waals surface area contributed by atoms with Gasteiger partial charge in [0.2, 0.25) is 0 Å². The van der Waals surface area contributed by atoms with Crippen molar-refractivity contribution in [1.82, 2.24) is 0 Å². The predicted octanol–water partition coefficient (Wildman–Crippen LogP) is 1.84. The highest BCUT2D eigenvalue weighted by Crippen LogP contribution is 2.23. The molecule has 0 aliphatic heterocycles. The van der Waals surface area contributed by atoms with Crippen LogP contribution in [-0.4, -0.2) is 11.7 Å². The highest BCUT2D eigenvalue weighted by Gasteiger charge is 2.19. The zero-order valence-corrected chi connectivity index (χ0v) is 8.28. The summed E-state index contributed by atoms with van der Waals surface area (Å²) in [6, 6.07) is 6.01. The molecule has 0 aromatic heterocycles. The van der Waals surface area contributed by atoms with Crippen LogP contribution in [0.15, 0.2) is 24.3 Å². The summed E-state index contributed by atoms with van der Waals surface area (Å²) < 4.78 is 13.3. The molecule has 0 amide bonds. The van der Waals surface area contributed by atoms with Crippen molar-refractivity contribution in [2.24, 2.45) is 11.7 Å². The summed E-state index contributed by atoms with van der Waals surface area (Å²) in [5.41, 5.74) is 6.34. The topological polar surface area (TPSA) is 46.2 Å². The van der Waals surface area contributed by atoms with Crippen LogP contribution < -0.4 is 5.73 Å². The van der Waals surface area contributed by atoms with Gasteiger partial charge in [-0.25, -0.2) is 4.39 Å². The largest absolute Gasteiger partial charge is 0.396 e. The van der Waals surface area contributed by atoms with Gasteiger partial charge in [0, 0.05) is 24.1 Å². The summed E-state index contributed by atoms with van der Waals surface area (Å²) in [6.45, 7) is 1.92. The lowest BCUT2D eigenvalue weighted by Crippen LogP contribution is -2.24. The molecule has 0 aliphatic carbocycles. The van der Waals surface area contributed by atoms with Crippen LogP contribution in [0.3, 0.4) is 0 Å². The molecule has 1 aromatic carbocycles. The van der Waals surface area contributed by atoms with Gasteiger partial charge in [0.1, 0.15) is 5.82 Å². The second kappa shape index (κ2) is 5.08. The first-order chi connectivity index (χ1) is 6.70. The van der Waals surface area contributed by atoms with Crippen molar-refractivity contribution >= 4 is 0 Å². The fourth-order valence-electron chi connectivity index (χ4n) is 1.50. The Hall–Kier alpha value is -0.930. The van der Waals surface area contributed by atoms with Gasteiger partial charge in [-0.1, -0.05) is 25.1 Å². The molecule has 1 aromatic rings. The van der Waals surface area contributed by atoms with Crippen LogP contribution in [0.25, 0.3) is 0 Å². The average molecular weight is 197 g/mol. The molecular weight excluding hydrogens is 181 g/mol. The number of hydrogen-bond donors (Lipinski definition) is 2. The summed E-state index contributed by atoms with van der Waals surface area (Å²) in [4.78, 5) is 0. The zero-order chi connectivity index (χ0) is 10.6. The standard InChI is InChI=1S/C11H16FNO/c1-2-8(7-14)11(13)9-5-3-4-6-10(9)12/h3-6,8,11,14H,2,7,13H2,1H3. The average Bonchev–Trinajstić information content (AvgIpc) is 2.20. The lowest BCUT2D eigenvalue weighted by Gasteiger charge is -2.21. The molecule has 0 heterocycles. The van der Waals surface area contributed by atoms with Crippen molar-refractivity contribution in [1.29, 1.82) is 0 Å². The maximum atomic E-state index is 13.3. The number of rotatable bonds is 4. The number of aliphatic hydroxyl groups is 1. The van der Waals surface area contributed by atoms with E-state index in [-0.39, 0.29) is 18.3 Å². The monoisotopic (exact) mass is 197 g/mol. The van der Waals surface area contributed by atoms with Crippen molar-refractivity contribution < 1.29 is 9.50 Å². The van der Waals surface area contributed by atoms with Crippen molar-refractivity contribution in [3.63, 3.8) is 0 Å². The maximum Gasteiger partial charge on any atom is 0.127 e. The maximum absolute atomic E-state index is 13.3. The normalized spacial score (nSPS) is 15.1. The highest BCUT2D eigenvalue weighted by atomic mass is 19.1. The van der Waals surface area contributed by atoms with E-state index in [4.69, 9.17) is 10.8 Å². The lowest BCUT2D eigenvalue weighted by atomic mass is 9.92. The fraction of sp³-hybridized carbons (Fsp3) is 0.455. The molecule has 0 spiro atoms. The van der Waals surface area contributed by atoms with E-state index in [0.717, 1.165) is 6.42 Å². The van der Waals surface area contributed by atoms with Gasteiger partial charge in [-0.2, -0.15) is 0 Å². The Morgan fingerprint density at radius 1 is 1.43 bits per heavy atom. The Morgan fingerprint density at radius 3 is 2.57 bits per heavy atom. The van der Waals surface area contributed by atoms with E-state index >= 15 is 0 Å². The number of nitrogens with two attached hydrogens (primary N) is 1. The van der Waals surface area contributed by atoms with E-state index in [1.165, 1.54) is 6.07 Å². The van der Waals surface area contributed by atoms with Gasteiger partial charge in [-0.3, -0.25) is 0 Å². The van der Waals surface area contributed by atoms with Gasteiger partial charge in [0.25, 0.3) is 0 Å². The molecule has 14 heavy (non-hydrogen) atoms. The van der Waals surface area contributed by atoms with Crippen LogP contribution in [-0.2, 0) is 0 Å². The molecule has 3 N–H and O–H groups in total. The Bertz CT molecular complexity index is 286. The van der Waals surface area contributed by atoms with E-state index in [2.05, 4.69) is 0 Å².